The number of nitro groups is 1. The first kappa shape index (κ1) is 14.3. The molecule has 112 valence electrons. The molecule has 0 N–H and O–H groups in total. The van der Waals surface area contributed by atoms with Gasteiger partial charge in [-0.1, -0.05) is 42.1 Å². The molecule has 2 aromatic heterocycles. The predicted molar refractivity (Wildman–Crippen MR) is 81.2 cm³/mol. The smallest absolute Gasteiger partial charge is 0.305 e. The Morgan fingerprint density at radius 1 is 1.27 bits per heavy atom. The maximum atomic E-state index is 10.6. The second kappa shape index (κ2) is 5.98. The van der Waals surface area contributed by atoms with Crippen LogP contribution in [0.5, 0.6) is 0 Å². The van der Waals surface area contributed by atoms with E-state index in [2.05, 4.69) is 15.3 Å². The summed E-state index contributed by atoms with van der Waals surface area (Å²) in [6.45, 7) is 0. The first-order valence-electron chi connectivity index (χ1n) is 6.39. The lowest BCUT2D eigenvalue weighted by Gasteiger charge is -2.03. The standard InChI is InChI=1S/C13H12N6O2S/c1-17-12(10-5-3-2-4-6-10)15-16-13(17)22-9-18-8-11(7-14-18)19(20)21/h2-8H,9H2,1H3. The SMILES string of the molecule is Cn1c(SCn2cc([N+](=O)[O-])cn2)nnc1-c1ccccc1. The van der Waals surface area contributed by atoms with E-state index >= 15 is 0 Å². The molecule has 0 atom stereocenters. The van der Waals surface area contributed by atoms with Gasteiger partial charge < -0.3 is 4.57 Å². The average molecular weight is 316 g/mol. The van der Waals surface area contributed by atoms with Crippen LogP contribution in [-0.2, 0) is 12.9 Å². The van der Waals surface area contributed by atoms with E-state index in [1.165, 1.54) is 28.8 Å². The molecular weight excluding hydrogens is 304 g/mol. The van der Waals surface area contributed by atoms with Crippen molar-refractivity contribution < 1.29 is 4.92 Å². The number of rotatable bonds is 5. The van der Waals surface area contributed by atoms with Crippen LogP contribution in [0.2, 0.25) is 0 Å². The van der Waals surface area contributed by atoms with Crippen molar-refractivity contribution in [1.82, 2.24) is 24.5 Å². The van der Waals surface area contributed by atoms with E-state index < -0.39 is 4.92 Å². The van der Waals surface area contributed by atoms with Crippen LogP contribution in [-0.4, -0.2) is 29.5 Å². The Bertz CT molecular complexity index is 798. The second-order valence-electron chi connectivity index (χ2n) is 4.50. The third-order valence-corrected chi connectivity index (χ3v) is 4.03. The van der Waals surface area contributed by atoms with Gasteiger partial charge in [-0.15, -0.1) is 10.2 Å². The maximum Gasteiger partial charge on any atom is 0.307 e. The van der Waals surface area contributed by atoms with Gasteiger partial charge in [0.2, 0.25) is 0 Å². The van der Waals surface area contributed by atoms with Crippen molar-refractivity contribution in [2.45, 2.75) is 11.0 Å². The minimum absolute atomic E-state index is 0.0245. The average Bonchev–Trinajstić information content (AvgIpc) is 3.13. The highest BCUT2D eigenvalue weighted by molar-refractivity contribution is 7.98. The molecule has 0 spiro atoms. The highest BCUT2D eigenvalue weighted by atomic mass is 32.2. The van der Waals surface area contributed by atoms with Gasteiger partial charge in [0.1, 0.15) is 12.4 Å². The van der Waals surface area contributed by atoms with Crippen molar-refractivity contribution >= 4 is 17.4 Å². The number of benzene rings is 1. The summed E-state index contributed by atoms with van der Waals surface area (Å²) in [5.74, 6) is 1.20. The molecule has 0 saturated heterocycles. The topological polar surface area (TPSA) is 91.7 Å². The van der Waals surface area contributed by atoms with Crippen molar-refractivity contribution in [2.24, 2.45) is 7.05 Å². The van der Waals surface area contributed by atoms with E-state index in [9.17, 15) is 10.1 Å². The molecule has 0 unspecified atom stereocenters. The Morgan fingerprint density at radius 3 is 2.73 bits per heavy atom. The van der Waals surface area contributed by atoms with Crippen LogP contribution in [0.4, 0.5) is 5.69 Å². The lowest BCUT2D eigenvalue weighted by molar-refractivity contribution is -0.385. The van der Waals surface area contributed by atoms with E-state index in [1.807, 2.05) is 41.9 Å². The Morgan fingerprint density at radius 2 is 2.05 bits per heavy atom. The number of hydrogen-bond acceptors (Lipinski definition) is 6. The zero-order valence-electron chi connectivity index (χ0n) is 11.7. The van der Waals surface area contributed by atoms with E-state index in [-0.39, 0.29) is 5.69 Å². The summed E-state index contributed by atoms with van der Waals surface area (Å²) in [4.78, 5) is 10.2. The Hall–Kier alpha value is -2.68. The highest BCUT2D eigenvalue weighted by Gasteiger charge is 2.13. The molecule has 8 nitrogen and oxygen atoms in total. The Labute approximate surface area is 129 Å². The summed E-state index contributed by atoms with van der Waals surface area (Å²) in [6, 6.07) is 9.77. The molecular formula is C13H12N6O2S. The first-order chi connectivity index (χ1) is 10.6. The molecule has 0 amide bonds. The summed E-state index contributed by atoms with van der Waals surface area (Å²) >= 11 is 1.41. The molecule has 0 saturated carbocycles. The van der Waals surface area contributed by atoms with Gasteiger partial charge in [0.25, 0.3) is 0 Å². The largest absolute Gasteiger partial charge is 0.307 e. The third-order valence-electron chi connectivity index (χ3n) is 3.02. The molecule has 0 aliphatic heterocycles. The van der Waals surface area contributed by atoms with E-state index in [4.69, 9.17) is 0 Å². The fraction of sp³-hybridized carbons (Fsp3) is 0.154. The quantitative estimate of drug-likeness (QED) is 0.407. The van der Waals surface area contributed by atoms with Crippen LogP contribution in [0.3, 0.4) is 0 Å². The van der Waals surface area contributed by atoms with Gasteiger partial charge in [-0.05, 0) is 0 Å². The zero-order valence-corrected chi connectivity index (χ0v) is 12.5. The third kappa shape index (κ3) is 2.84. The zero-order chi connectivity index (χ0) is 15.5. The molecule has 0 bridgehead atoms. The molecule has 3 aromatic rings. The fourth-order valence-corrected chi connectivity index (χ4v) is 2.69. The normalized spacial score (nSPS) is 10.8. The van der Waals surface area contributed by atoms with Crippen molar-refractivity contribution in [3.63, 3.8) is 0 Å². The van der Waals surface area contributed by atoms with Crippen LogP contribution in [0.1, 0.15) is 0 Å². The summed E-state index contributed by atoms with van der Waals surface area (Å²) in [5.41, 5.74) is 0.961. The van der Waals surface area contributed by atoms with E-state index in [0.29, 0.717) is 5.88 Å². The van der Waals surface area contributed by atoms with Gasteiger partial charge in [-0.2, -0.15) is 5.10 Å². The van der Waals surface area contributed by atoms with Gasteiger partial charge in [-0.25, -0.2) is 0 Å². The van der Waals surface area contributed by atoms with Gasteiger partial charge in [0.15, 0.2) is 11.0 Å². The van der Waals surface area contributed by atoms with Crippen molar-refractivity contribution in [2.75, 3.05) is 0 Å². The number of hydrogen-bond donors (Lipinski definition) is 0. The molecule has 0 radical (unpaired) electrons. The minimum atomic E-state index is -0.468. The van der Waals surface area contributed by atoms with Gasteiger partial charge in [0, 0.05) is 12.6 Å². The van der Waals surface area contributed by atoms with Crippen molar-refractivity contribution in [1.29, 1.82) is 0 Å². The fourth-order valence-electron chi connectivity index (χ4n) is 1.92. The second-order valence-corrected chi connectivity index (χ2v) is 5.41. The molecule has 0 aliphatic carbocycles. The van der Waals surface area contributed by atoms with E-state index in [1.54, 1.807) is 0 Å². The molecule has 0 fully saturated rings. The van der Waals surface area contributed by atoms with Crippen LogP contribution in [0.25, 0.3) is 11.4 Å². The molecule has 9 heteroatoms. The molecule has 0 aliphatic rings. The number of thioether (sulfide) groups is 1. The molecule has 1 aromatic carbocycles. The minimum Gasteiger partial charge on any atom is -0.305 e. The highest BCUT2D eigenvalue weighted by Crippen LogP contribution is 2.23. The number of aromatic nitrogens is 5. The molecule has 2 heterocycles. The number of nitrogens with zero attached hydrogens (tertiary/aromatic N) is 6. The maximum absolute atomic E-state index is 10.6. The van der Waals surface area contributed by atoms with Crippen LogP contribution in [0.15, 0.2) is 47.9 Å². The lowest BCUT2D eigenvalue weighted by Crippen LogP contribution is -1.98. The summed E-state index contributed by atoms with van der Waals surface area (Å²) < 4.78 is 3.39. The summed E-state index contributed by atoms with van der Waals surface area (Å²) in [5, 5.41) is 23.6. The molecule has 22 heavy (non-hydrogen) atoms. The van der Waals surface area contributed by atoms with Crippen LogP contribution in [0, 0.1) is 10.1 Å². The van der Waals surface area contributed by atoms with Crippen LogP contribution < -0.4 is 0 Å². The predicted octanol–water partition coefficient (Wildman–Crippen LogP) is 2.34. The van der Waals surface area contributed by atoms with Gasteiger partial charge in [-0.3, -0.25) is 14.8 Å². The van der Waals surface area contributed by atoms with Gasteiger partial charge >= 0.3 is 5.69 Å². The molecule has 3 rings (SSSR count). The van der Waals surface area contributed by atoms with Crippen LogP contribution >= 0.6 is 11.8 Å². The van der Waals surface area contributed by atoms with E-state index in [0.717, 1.165) is 16.5 Å². The van der Waals surface area contributed by atoms with Gasteiger partial charge in [0.05, 0.1) is 10.8 Å². The Balaban J connectivity index is 1.73. The summed E-state index contributed by atoms with van der Waals surface area (Å²) in [7, 11) is 1.89. The monoisotopic (exact) mass is 316 g/mol. The Kier molecular flexibility index (Phi) is 3.88. The first-order valence-corrected chi connectivity index (χ1v) is 7.38. The van der Waals surface area contributed by atoms with Crippen molar-refractivity contribution in [3.05, 3.63) is 52.8 Å². The lowest BCUT2D eigenvalue weighted by atomic mass is 10.2. The van der Waals surface area contributed by atoms with Crippen molar-refractivity contribution in [3.8, 4) is 11.4 Å². The summed E-state index contributed by atoms with van der Waals surface area (Å²) in [6.07, 6.45) is 2.62.